The van der Waals surface area contributed by atoms with Crippen molar-refractivity contribution in [3.8, 4) is 0 Å². The molecule has 4 aromatic carbocycles. The number of rotatable bonds is 28. The predicted molar refractivity (Wildman–Crippen MR) is 269 cm³/mol. The molecule has 1 atom stereocenters. The van der Waals surface area contributed by atoms with Gasteiger partial charge in [0.15, 0.2) is 5.71 Å². The lowest BCUT2D eigenvalue weighted by molar-refractivity contribution is -0.438. The number of benzene rings is 4. The van der Waals surface area contributed by atoms with Crippen LogP contribution in [0.5, 0.6) is 0 Å². The summed E-state index contributed by atoms with van der Waals surface area (Å²) < 4.78 is 211. The Labute approximate surface area is 441 Å². The SMILES string of the molecule is COCCOCCOCCOCCN1C(=CC=CC2=[N+](CCCCCC(=O)O)c3ccc4c(S(=O)(=O)[O-])cc(S(=O)(=O)[O-])cc4c3C2(C)C)C(C)(CCCS(=O)(=O)[O-])c2c1ccc1c(S(=O)(=O)[O-])cc(S(=O)(=O)[O-])cc21. The zero-order valence-electron chi connectivity index (χ0n) is 41.7. The molecule has 0 bridgehead atoms. The van der Waals surface area contributed by atoms with Crippen LogP contribution in [0, 0.1) is 0 Å². The Morgan fingerprint density at radius 2 is 1.17 bits per heavy atom. The van der Waals surface area contributed by atoms with E-state index in [4.69, 9.17) is 18.9 Å². The van der Waals surface area contributed by atoms with Gasteiger partial charge < -0.3 is 51.7 Å². The minimum absolute atomic E-state index is 0.0118. The Morgan fingerprint density at radius 3 is 1.68 bits per heavy atom. The maximum atomic E-state index is 12.7. The summed E-state index contributed by atoms with van der Waals surface area (Å²) in [7, 11) is -24.9. The monoisotopic (exact) mass is 1160 g/mol. The summed E-state index contributed by atoms with van der Waals surface area (Å²) in [6.45, 7) is 6.86. The van der Waals surface area contributed by atoms with Crippen molar-refractivity contribution in [3.05, 3.63) is 83.6 Å². The molecule has 2 aliphatic heterocycles. The van der Waals surface area contributed by atoms with Crippen molar-refractivity contribution in [3.63, 3.8) is 0 Å². The van der Waals surface area contributed by atoms with Gasteiger partial charge in [-0.25, -0.2) is 42.1 Å². The quantitative estimate of drug-likeness (QED) is 0.0479. The third-order valence-corrected chi connectivity index (χ3v) is 17.4. The van der Waals surface area contributed by atoms with E-state index in [1.807, 2.05) is 4.58 Å². The summed E-state index contributed by atoms with van der Waals surface area (Å²) >= 11 is 0. The predicted octanol–water partition coefficient (Wildman–Crippen LogP) is 3.87. The lowest BCUT2D eigenvalue weighted by Crippen LogP contribution is -2.32. The maximum absolute atomic E-state index is 12.7. The van der Waals surface area contributed by atoms with Gasteiger partial charge in [0, 0.05) is 72.1 Å². The number of fused-ring (bicyclic) bond motifs is 6. The van der Waals surface area contributed by atoms with Gasteiger partial charge in [0.2, 0.25) is 5.69 Å². The average molecular weight is 1160 g/mol. The van der Waals surface area contributed by atoms with Crippen LogP contribution in [0.3, 0.4) is 0 Å². The fraction of sp³-hybridized carbons (Fsp3) is 0.458. The zero-order chi connectivity index (χ0) is 56.2. The zero-order valence-corrected chi connectivity index (χ0v) is 45.8. The van der Waals surface area contributed by atoms with Gasteiger partial charge in [0.05, 0.1) is 81.4 Å². The van der Waals surface area contributed by atoms with Crippen LogP contribution in [0.1, 0.15) is 70.4 Å². The normalized spacial score (nSPS) is 17.7. The van der Waals surface area contributed by atoms with Crippen LogP contribution in [0.2, 0.25) is 0 Å². The van der Waals surface area contributed by atoms with E-state index in [1.165, 1.54) is 31.4 Å². The summed E-state index contributed by atoms with van der Waals surface area (Å²) in [5.74, 6) is -1.87. The molecule has 6 rings (SSSR count). The molecule has 2 aliphatic rings. The van der Waals surface area contributed by atoms with Crippen LogP contribution in [-0.4, -0.2) is 158 Å². The lowest BCUT2D eigenvalue weighted by atomic mass is 9.75. The fourth-order valence-corrected chi connectivity index (χ4v) is 13.1. The Bertz CT molecular complexity index is 3580. The van der Waals surface area contributed by atoms with Crippen molar-refractivity contribution in [1.29, 1.82) is 0 Å². The molecule has 0 saturated heterocycles. The van der Waals surface area contributed by atoms with E-state index in [2.05, 4.69) is 0 Å². The highest BCUT2D eigenvalue weighted by atomic mass is 32.2. The molecule has 28 heteroatoms. The van der Waals surface area contributed by atoms with Gasteiger partial charge in [0.1, 0.15) is 47.0 Å². The number of hydrogen-bond donors (Lipinski definition) is 1. The molecule has 0 saturated carbocycles. The molecule has 4 aromatic rings. The van der Waals surface area contributed by atoms with Gasteiger partial charge in [-0.15, -0.1) is 0 Å². The van der Waals surface area contributed by atoms with Crippen LogP contribution in [-0.2, 0) is 85.2 Å². The van der Waals surface area contributed by atoms with Crippen molar-refractivity contribution < 1.29 is 98.3 Å². The standard InChI is InChI=1S/C48H60N2O21S5/c1-47(2)42(49(18-7-5-6-12-44(51)52)38-15-13-34-36(45(38)47)28-32(73(56,57)58)30-40(34)75(62,63)64)10-8-11-43-48(3,17-9-27-72(53,54)55)46-37-29-33(74(59,60)61)31-41(76(65,66)67)35(37)14-16-39(46)50(43)19-20-69-23-24-71-26-25-70-22-21-68-4/h8,10-11,13-16,28-31H,5-7,9,12,17-27H2,1-4H3,(H5-,51,52,53,54,55,56,57,58,59,60,61,62,63,64,65,66,67)/p-4. The molecule has 2 heterocycles. The van der Waals surface area contributed by atoms with E-state index in [9.17, 15) is 74.8 Å². The van der Waals surface area contributed by atoms with E-state index in [0.29, 0.717) is 79.6 Å². The molecule has 0 spiro atoms. The van der Waals surface area contributed by atoms with Gasteiger partial charge >= 0.3 is 5.97 Å². The number of anilines is 1. The molecular formula is C48H56N2O21S5-4. The molecule has 0 aromatic heterocycles. The highest BCUT2D eigenvalue weighted by Crippen LogP contribution is 2.54. The molecule has 76 heavy (non-hydrogen) atoms. The molecular weight excluding hydrogens is 1100 g/mol. The smallest absolute Gasteiger partial charge is 0.303 e. The van der Waals surface area contributed by atoms with Crippen molar-refractivity contribution in [2.45, 2.75) is 89.7 Å². The number of carboxylic acids is 1. The molecule has 0 aliphatic carbocycles. The first-order valence-corrected chi connectivity index (χ1v) is 30.8. The average Bonchev–Trinajstić information content (AvgIpc) is 3.67. The van der Waals surface area contributed by atoms with Gasteiger partial charge in [-0.2, -0.15) is 4.58 Å². The van der Waals surface area contributed by atoms with Gasteiger partial charge in [0.25, 0.3) is 0 Å². The highest BCUT2D eigenvalue weighted by Gasteiger charge is 2.47. The summed E-state index contributed by atoms with van der Waals surface area (Å²) in [6.07, 6.45) is 5.43. The topological polar surface area (TPSA) is 366 Å². The molecule has 0 amide bonds. The van der Waals surface area contributed by atoms with Gasteiger partial charge in [-0.1, -0.05) is 12.1 Å². The van der Waals surface area contributed by atoms with Crippen LogP contribution >= 0.6 is 0 Å². The molecule has 418 valence electrons. The number of nitrogens with zero attached hydrogens (tertiary/aromatic N) is 2. The first-order valence-electron chi connectivity index (χ1n) is 23.6. The van der Waals surface area contributed by atoms with Gasteiger partial charge in [-0.3, -0.25) is 4.79 Å². The van der Waals surface area contributed by atoms with E-state index in [1.54, 1.807) is 43.9 Å². The number of aliphatic carboxylic acids is 1. The maximum Gasteiger partial charge on any atom is 0.303 e. The lowest BCUT2D eigenvalue weighted by Gasteiger charge is -2.31. The third-order valence-electron chi connectivity index (χ3n) is 13.2. The van der Waals surface area contributed by atoms with Gasteiger partial charge in [-0.05, 0) is 111 Å². The Hall–Kier alpha value is -4.79. The molecule has 0 fully saturated rings. The third kappa shape index (κ3) is 13.9. The van der Waals surface area contributed by atoms with Crippen molar-refractivity contribution >= 4 is 95.2 Å². The van der Waals surface area contributed by atoms with E-state index in [0.717, 1.165) is 12.1 Å². The number of allylic oxidation sites excluding steroid dienone is 4. The Morgan fingerprint density at radius 1 is 0.645 bits per heavy atom. The summed E-state index contributed by atoms with van der Waals surface area (Å²) in [4.78, 5) is 9.10. The van der Waals surface area contributed by atoms with Crippen LogP contribution < -0.4 is 4.90 Å². The van der Waals surface area contributed by atoms with E-state index >= 15 is 0 Å². The summed E-state index contributed by atoms with van der Waals surface area (Å²) in [5, 5.41) is 8.68. The first kappa shape index (κ1) is 60.4. The number of carboxylic acid groups (broad SMARTS) is 1. The Balaban J connectivity index is 1.55. The number of hydrogen-bond acceptors (Lipinski definition) is 21. The van der Waals surface area contributed by atoms with Crippen molar-refractivity contribution in [1.82, 2.24) is 0 Å². The number of methoxy groups -OCH3 is 1. The molecule has 1 N–H and O–H groups in total. The highest BCUT2D eigenvalue weighted by molar-refractivity contribution is 7.87. The van der Waals surface area contributed by atoms with E-state index in [-0.39, 0.29) is 85.9 Å². The summed E-state index contributed by atoms with van der Waals surface area (Å²) in [5.41, 5.74) is -0.624. The van der Waals surface area contributed by atoms with Crippen molar-refractivity contribution in [2.75, 3.05) is 77.1 Å². The van der Waals surface area contributed by atoms with E-state index < -0.39 is 92.7 Å². The second kappa shape index (κ2) is 23.7. The summed E-state index contributed by atoms with van der Waals surface area (Å²) in [6, 6.07) is 8.48. The van der Waals surface area contributed by atoms with Crippen LogP contribution in [0.15, 0.2) is 92.0 Å². The number of unbranched alkanes of at least 4 members (excludes halogenated alkanes) is 2. The van der Waals surface area contributed by atoms with Crippen molar-refractivity contribution in [2.24, 2.45) is 0 Å². The minimum atomic E-state index is -5.46. The Kier molecular flexibility index (Phi) is 18.8. The number of carbonyl (C=O) groups is 1. The fourth-order valence-electron chi connectivity index (χ4n) is 9.97. The first-order chi connectivity index (χ1) is 35.3. The minimum Gasteiger partial charge on any atom is -0.748 e. The second-order valence-electron chi connectivity index (χ2n) is 18.7. The van der Waals surface area contributed by atoms with Crippen LogP contribution in [0.4, 0.5) is 11.4 Å². The molecule has 1 unspecified atom stereocenters. The number of ether oxygens (including phenoxy) is 4. The van der Waals surface area contributed by atoms with Crippen LogP contribution in [0.25, 0.3) is 21.5 Å². The molecule has 0 radical (unpaired) electrons. The largest absolute Gasteiger partial charge is 0.748 e. The molecule has 23 nitrogen and oxygen atoms in total. The second-order valence-corrected chi connectivity index (χ2v) is 25.7.